The zero-order valence-electron chi connectivity index (χ0n) is 20.3. The van der Waals surface area contributed by atoms with Crippen LogP contribution in [0.3, 0.4) is 0 Å². The van der Waals surface area contributed by atoms with Gasteiger partial charge in [-0.15, -0.1) is 24.8 Å². The van der Waals surface area contributed by atoms with Crippen molar-refractivity contribution in [2.75, 3.05) is 38.7 Å². The summed E-state index contributed by atoms with van der Waals surface area (Å²) >= 11 is 6.50. The summed E-state index contributed by atoms with van der Waals surface area (Å²) in [5, 5.41) is 18.5. The van der Waals surface area contributed by atoms with Crippen molar-refractivity contribution in [2.45, 2.75) is 31.5 Å². The molecule has 2 atom stereocenters. The molecule has 12 heteroatoms. The fraction of sp³-hybridized carbons (Fsp3) is 0.400. The molecular weight excluding hydrogens is 541 g/mol. The molecule has 0 unspecified atom stereocenters. The molecule has 3 N–H and O–H groups in total. The van der Waals surface area contributed by atoms with Gasteiger partial charge in [0.15, 0.2) is 18.2 Å². The lowest BCUT2D eigenvalue weighted by molar-refractivity contribution is -0.118. The molecule has 2 aliphatic rings. The van der Waals surface area contributed by atoms with Crippen LogP contribution in [0.15, 0.2) is 36.5 Å². The second-order valence-corrected chi connectivity index (χ2v) is 9.26. The van der Waals surface area contributed by atoms with E-state index in [1.165, 1.54) is 0 Å². The van der Waals surface area contributed by atoms with Gasteiger partial charge < -0.3 is 30.1 Å². The third-order valence-corrected chi connectivity index (χ3v) is 6.88. The zero-order valence-corrected chi connectivity index (χ0v) is 22.7. The van der Waals surface area contributed by atoms with E-state index in [1.807, 2.05) is 24.3 Å². The molecule has 0 radical (unpaired) electrons. The van der Waals surface area contributed by atoms with Crippen molar-refractivity contribution in [3.05, 3.63) is 52.8 Å². The highest BCUT2D eigenvalue weighted by molar-refractivity contribution is 6.32. The van der Waals surface area contributed by atoms with Gasteiger partial charge in [-0.05, 0) is 55.3 Å². The summed E-state index contributed by atoms with van der Waals surface area (Å²) in [6, 6.07) is 9.44. The Morgan fingerprint density at radius 1 is 1.30 bits per heavy atom. The van der Waals surface area contributed by atoms with E-state index in [4.69, 9.17) is 21.1 Å². The number of carbonyl (C=O) groups is 1. The van der Waals surface area contributed by atoms with Crippen LogP contribution in [-0.4, -0.2) is 71.4 Å². The van der Waals surface area contributed by atoms with Gasteiger partial charge in [0.1, 0.15) is 5.75 Å². The number of ether oxygens (including phenoxy) is 2. The number of likely N-dealkylation sites (tertiary alicyclic amines) is 1. The highest BCUT2D eigenvalue weighted by Gasteiger charge is 2.27. The number of benzene rings is 1. The van der Waals surface area contributed by atoms with Crippen molar-refractivity contribution < 1.29 is 19.4 Å². The van der Waals surface area contributed by atoms with Crippen LogP contribution in [0.5, 0.6) is 11.5 Å². The first-order valence-corrected chi connectivity index (χ1v) is 12.1. The Balaban J connectivity index is 0.00000190. The highest BCUT2D eigenvalue weighted by atomic mass is 35.5. The van der Waals surface area contributed by atoms with E-state index in [9.17, 15) is 9.90 Å². The van der Waals surface area contributed by atoms with Gasteiger partial charge >= 0.3 is 0 Å². The predicted octanol–water partition coefficient (Wildman–Crippen LogP) is 3.23. The zero-order chi connectivity index (χ0) is 24.4. The number of hydrogen-bond donors (Lipinski definition) is 3. The molecule has 0 bridgehead atoms. The Bertz CT molecular complexity index is 1250. The normalized spacial score (nSPS) is 19.2. The Labute approximate surface area is 232 Å². The summed E-state index contributed by atoms with van der Waals surface area (Å²) in [6.45, 7) is 2.72. The van der Waals surface area contributed by atoms with Crippen molar-refractivity contribution in [1.29, 1.82) is 0 Å². The van der Waals surface area contributed by atoms with E-state index in [2.05, 4.69) is 25.5 Å². The minimum Gasteiger partial charge on any atom is -0.497 e. The maximum atomic E-state index is 11.5. The summed E-state index contributed by atoms with van der Waals surface area (Å²) in [5.74, 6) is 1.57. The number of methoxy groups -OCH3 is 1. The van der Waals surface area contributed by atoms with Crippen LogP contribution < -0.4 is 20.1 Å². The lowest BCUT2D eigenvalue weighted by atomic mass is 10.00. The van der Waals surface area contributed by atoms with Gasteiger partial charge in [0, 0.05) is 37.3 Å². The van der Waals surface area contributed by atoms with Crippen LogP contribution in [0.2, 0.25) is 5.02 Å². The number of carbonyl (C=O) groups excluding carboxylic acids is 1. The number of aliphatic hydroxyl groups excluding tert-OH is 1. The molecule has 1 aromatic carbocycles. The first-order chi connectivity index (χ1) is 17.0. The van der Waals surface area contributed by atoms with Crippen molar-refractivity contribution in [2.24, 2.45) is 0 Å². The topological polar surface area (TPSA) is 109 Å². The minimum absolute atomic E-state index is 0. The summed E-state index contributed by atoms with van der Waals surface area (Å²) in [6.07, 6.45) is 2.75. The van der Waals surface area contributed by atoms with E-state index in [0.717, 1.165) is 53.8 Å². The van der Waals surface area contributed by atoms with Gasteiger partial charge in [-0.1, -0.05) is 11.6 Å². The van der Waals surface area contributed by atoms with Gasteiger partial charge in [0.05, 0.1) is 29.4 Å². The Kier molecular flexibility index (Phi) is 10.2. The number of piperidine rings is 1. The number of halogens is 3. The van der Waals surface area contributed by atoms with E-state index in [1.54, 1.807) is 19.4 Å². The SMILES string of the molecule is COc1ccc2ncc(Cl)c(CCN3CC[C@H](NCc4ccc5c(n4)NC(=O)CO5)[C@H](O)C3)c2c1.Cl.Cl. The maximum Gasteiger partial charge on any atom is 0.263 e. The second-order valence-electron chi connectivity index (χ2n) is 8.85. The van der Waals surface area contributed by atoms with Gasteiger partial charge in [-0.3, -0.25) is 9.78 Å². The van der Waals surface area contributed by atoms with E-state index < -0.39 is 6.10 Å². The Morgan fingerprint density at radius 3 is 2.92 bits per heavy atom. The van der Waals surface area contributed by atoms with Crippen molar-refractivity contribution >= 4 is 59.0 Å². The van der Waals surface area contributed by atoms with Crippen molar-refractivity contribution in [3.8, 4) is 11.5 Å². The highest BCUT2D eigenvalue weighted by Crippen LogP contribution is 2.29. The van der Waals surface area contributed by atoms with E-state index >= 15 is 0 Å². The lowest BCUT2D eigenvalue weighted by Gasteiger charge is -2.36. The molecule has 5 rings (SSSR count). The standard InChI is InChI=1S/C25H28ClN5O4.2ClH/c1-34-16-3-4-20-18(10-16)17(19(26)12-28-20)6-8-31-9-7-21(22(32)13-31)27-11-15-2-5-23-25(29-15)30-24(33)14-35-23;;/h2-5,10,12,21-22,27,32H,6-9,11,13-14H2,1H3,(H,29,30,33);2*1H/t21-,22+;;/m0../s1. The second kappa shape index (κ2) is 12.9. The number of nitrogens with zero attached hydrogens (tertiary/aromatic N) is 3. The van der Waals surface area contributed by atoms with E-state index in [-0.39, 0.29) is 43.4 Å². The van der Waals surface area contributed by atoms with Crippen LogP contribution in [-0.2, 0) is 17.8 Å². The summed E-state index contributed by atoms with van der Waals surface area (Å²) in [4.78, 5) is 22.7. The monoisotopic (exact) mass is 569 g/mol. The third-order valence-electron chi connectivity index (χ3n) is 6.56. The maximum absolute atomic E-state index is 11.5. The molecule has 0 saturated carbocycles. The molecule has 2 aliphatic heterocycles. The summed E-state index contributed by atoms with van der Waals surface area (Å²) < 4.78 is 10.7. The summed E-state index contributed by atoms with van der Waals surface area (Å²) in [5.41, 5.74) is 2.70. The van der Waals surface area contributed by atoms with E-state index in [0.29, 0.717) is 29.7 Å². The van der Waals surface area contributed by atoms with Crippen LogP contribution in [0, 0.1) is 0 Å². The van der Waals surface area contributed by atoms with Gasteiger partial charge in [-0.2, -0.15) is 0 Å². The molecular formula is C25H30Cl3N5O4. The average molecular weight is 571 g/mol. The van der Waals surface area contributed by atoms with Crippen LogP contribution in [0.1, 0.15) is 17.7 Å². The molecule has 3 aromatic rings. The average Bonchev–Trinajstić information content (AvgIpc) is 2.87. The third kappa shape index (κ3) is 6.73. The number of fused-ring (bicyclic) bond motifs is 2. The Hall–Kier alpha value is -2.40. The van der Waals surface area contributed by atoms with Crippen LogP contribution in [0.25, 0.3) is 10.9 Å². The van der Waals surface area contributed by atoms with Gasteiger partial charge in [-0.25, -0.2) is 4.98 Å². The van der Waals surface area contributed by atoms with Crippen molar-refractivity contribution in [3.63, 3.8) is 0 Å². The number of aliphatic hydroxyl groups is 1. The quantitative estimate of drug-likeness (QED) is 0.397. The molecule has 0 aliphatic carbocycles. The van der Waals surface area contributed by atoms with Gasteiger partial charge in [0.2, 0.25) is 0 Å². The molecule has 9 nitrogen and oxygen atoms in total. The van der Waals surface area contributed by atoms with Crippen LogP contribution in [0.4, 0.5) is 5.82 Å². The molecule has 0 spiro atoms. The largest absolute Gasteiger partial charge is 0.497 e. The number of hydrogen-bond acceptors (Lipinski definition) is 8. The smallest absolute Gasteiger partial charge is 0.263 e. The molecule has 4 heterocycles. The molecule has 1 amide bonds. The lowest BCUT2D eigenvalue weighted by Crippen LogP contribution is -2.52. The minimum atomic E-state index is -0.505. The Morgan fingerprint density at radius 2 is 2.14 bits per heavy atom. The molecule has 2 aromatic heterocycles. The fourth-order valence-electron chi connectivity index (χ4n) is 4.63. The van der Waals surface area contributed by atoms with Crippen molar-refractivity contribution in [1.82, 2.24) is 20.2 Å². The molecule has 1 saturated heterocycles. The predicted molar refractivity (Wildman–Crippen MR) is 148 cm³/mol. The number of β-amino-alcohol motifs (C(OH)–C–C–N with tert-alkyl or cyclic N) is 1. The molecule has 200 valence electrons. The summed E-state index contributed by atoms with van der Waals surface area (Å²) in [7, 11) is 1.65. The number of nitrogens with one attached hydrogen (secondary N) is 2. The molecule has 37 heavy (non-hydrogen) atoms. The first kappa shape index (κ1) is 29.2. The number of amides is 1. The van der Waals surface area contributed by atoms with Gasteiger partial charge in [0.25, 0.3) is 5.91 Å². The fourth-order valence-corrected chi connectivity index (χ4v) is 4.87. The number of anilines is 1. The van der Waals surface area contributed by atoms with Crippen LogP contribution >= 0.6 is 36.4 Å². The molecule has 1 fully saturated rings. The number of rotatable bonds is 7. The number of aromatic nitrogens is 2. The first-order valence-electron chi connectivity index (χ1n) is 11.7. The number of pyridine rings is 2.